The third kappa shape index (κ3) is 3.19. The van der Waals surface area contributed by atoms with Gasteiger partial charge in [-0.05, 0) is 39.2 Å². The lowest BCUT2D eigenvalue weighted by Gasteiger charge is -2.38. The monoisotopic (exact) mass is 239 g/mol. The van der Waals surface area contributed by atoms with Crippen molar-refractivity contribution in [2.75, 3.05) is 20.1 Å². The minimum absolute atomic E-state index is 0.161. The molecule has 0 radical (unpaired) electrons. The number of rotatable bonds is 4. The van der Waals surface area contributed by atoms with E-state index in [1.165, 1.54) is 25.7 Å². The van der Waals surface area contributed by atoms with Crippen LogP contribution in [0.25, 0.3) is 0 Å². The van der Waals surface area contributed by atoms with E-state index < -0.39 is 0 Å². The first kappa shape index (κ1) is 12.8. The second kappa shape index (κ2) is 5.36. The van der Waals surface area contributed by atoms with Gasteiger partial charge in [0.25, 0.3) is 0 Å². The fraction of sp³-hybridized carbons (Fsp3) is 0.923. The highest BCUT2D eigenvalue weighted by Crippen LogP contribution is 2.26. The summed E-state index contributed by atoms with van der Waals surface area (Å²) in [6, 6.07) is 1.07. The molecule has 1 saturated heterocycles. The van der Waals surface area contributed by atoms with Crippen LogP contribution in [0.3, 0.4) is 0 Å². The lowest BCUT2D eigenvalue weighted by molar-refractivity contribution is -0.132. The Hall–Kier alpha value is -0.610. The summed E-state index contributed by atoms with van der Waals surface area (Å²) in [5.74, 6) is 0.264. The zero-order valence-corrected chi connectivity index (χ0v) is 11.1. The summed E-state index contributed by atoms with van der Waals surface area (Å²) in [6.07, 6.45) is 5.94. The average Bonchev–Trinajstić information content (AvgIpc) is 3.12. The number of hydrogen-bond donors (Lipinski definition) is 1. The molecule has 1 aliphatic heterocycles. The molecule has 0 aromatic heterocycles. The van der Waals surface area contributed by atoms with E-state index in [9.17, 15) is 4.79 Å². The second-order valence-electron chi connectivity index (χ2n) is 5.63. The molecule has 1 saturated carbocycles. The Bertz CT molecular complexity index is 276. The molecule has 0 aromatic carbocycles. The quantitative estimate of drug-likeness (QED) is 0.790. The molecule has 1 heterocycles. The molecule has 0 bridgehead atoms. The van der Waals surface area contributed by atoms with Crippen molar-refractivity contribution in [1.29, 1.82) is 0 Å². The van der Waals surface area contributed by atoms with Crippen molar-refractivity contribution in [1.82, 2.24) is 9.80 Å². The molecule has 0 spiro atoms. The van der Waals surface area contributed by atoms with Gasteiger partial charge in [-0.1, -0.05) is 6.42 Å². The Labute approximate surface area is 104 Å². The minimum atomic E-state index is 0.161. The SMILES string of the molecule is CC(N)C1CCCCN1CC(=O)N(C)C1CC1. The van der Waals surface area contributed by atoms with Crippen LogP contribution in [0.4, 0.5) is 0 Å². The number of amides is 1. The second-order valence-corrected chi connectivity index (χ2v) is 5.63. The Morgan fingerprint density at radius 1 is 1.41 bits per heavy atom. The summed E-state index contributed by atoms with van der Waals surface area (Å²) in [5, 5.41) is 0. The molecular weight excluding hydrogens is 214 g/mol. The van der Waals surface area contributed by atoms with Crippen molar-refractivity contribution in [2.24, 2.45) is 5.73 Å². The van der Waals surface area contributed by atoms with Crippen molar-refractivity contribution in [2.45, 2.75) is 57.2 Å². The molecule has 98 valence electrons. The van der Waals surface area contributed by atoms with Gasteiger partial charge in [-0.3, -0.25) is 9.69 Å². The predicted molar refractivity (Wildman–Crippen MR) is 68.7 cm³/mol. The Balaban J connectivity index is 1.88. The van der Waals surface area contributed by atoms with E-state index in [-0.39, 0.29) is 11.9 Å². The highest BCUT2D eigenvalue weighted by molar-refractivity contribution is 5.78. The number of carbonyl (C=O) groups is 1. The molecule has 1 aliphatic carbocycles. The van der Waals surface area contributed by atoms with Gasteiger partial charge in [0.15, 0.2) is 0 Å². The van der Waals surface area contributed by atoms with E-state index in [1.807, 2.05) is 11.9 Å². The smallest absolute Gasteiger partial charge is 0.236 e. The normalized spacial score (nSPS) is 27.8. The molecule has 4 nitrogen and oxygen atoms in total. The van der Waals surface area contributed by atoms with Crippen LogP contribution in [0.2, 0.25) is 0 Å². The van der Waals surface area contributed by atoms with Crippen LogP contribution < -0.4 is 5.73 Å². The fourth-order valence-corrected chi connectivity index (χ4v) is 2.76. The van der Waals surface area contributed by atoms with Crippen molar-refractivity contribution < 1.29 is 4.79 Å². The standard InChI is InChI=1S/C13H25N3O/c1-10(14)12-5-3-4-8-16(12)9-13(17)15(2)11-6-7-11/h10-12H,3-9,14H2,1-2H3. The van der Waals surface area contributed by atoms with Crippen molar-refractivity contribution in [3.8, 4) is 0 Å². The third-order valence-corrected chi connectivity index (χ3v) is 4.10. The minimum Gasteiger partial charge on any atom is -0.342 e. The number of nitrogens with two attached hydrogens (primary N) is 1. The number of piperidine rings is 1. The van der Waals surface area contributed by atoms with Crippen LogP contribution in [-0.4, -0.2) is 54.0 Å². The first-order valence-corrected chi connectivity index (χ1v) is 6.85. The summed E-state index contributed by atoms with van der Waals surface area (Å²) >= 11 is 0. The highest BCUT2D eigenvalue weighted by atomic mass is 16.2. The van der Waals surface area contributed by atoms with Gasteiger partial charge >= 0.3 is 0 Å². The van der Waals surface area contributed by atoms with Gasteiger partial charge in [0.05, 0.1) is 6.54 Å². The summed E-state index contributed by atoms with van der Waals surface area (Å²) in [4.78, 5) is 16.3. The fourth-order valence-electron chi connectivity index (χ4n) is 2.76. The van der Waals surface area contributed by atoms with Gasteiger partial charge in [-0.25, -0.2) is 0 Å². The van der Waals surface area contributed by atoms with E-state index in [1.54, 1.807) is 0 Å². The van der Waals surface area contributed by atoms with Gasteiger partial charge in [-0.2, -0.15) is 0 Å². The Morgan fingerprint density at radius 3 is 2.71 bits per heavy atom. The zero-order chi connectivity index (χ0) is 12.4. The lowest BCUT2D eigenvalue weighted by atomic mass is 9.97. The molecule has 0 aromatic rings. The van der Waals surface area contributed by atoms with E-state index in [0.717, 1.165) is 13.0 Å². The third-order valence-electron chi connectivity index (χ3n) is 4.10. The summed E-state index contributed by atoms with van der Waals surface area (Å²) < 4.78 is 0. The van der Waals surface area contributed by atoms with Crippen LogP contribution in [0.15, 0.2) is 0 Å². The van der Waals surface area contributed by atoms with Crippen LogP contribution in [0, 0.1) is 0 Å². The summed E-state index contributed by atoms with van der Waals surface area (Å²) in [7, 11) is 1.94. The van der Waals surface area contributed by atoms with Gasteiger partial charge in [0.1, 0.15) is 0 Å². The molecular formula is C13H25N3O. The first-order valence-electron chi connectivity index (χ1n) is 6.85. The number of carbonyl (C=O) groups excluding carboxylic acids is 1. The van der Waals surface area contributed by atoms with Crippen molar-refractivity contribution in [3.63, 3.8) is 0 Å². The van der Waals surface area contributed by atoms with E-state index in [0.29, 0.717) is 18.6 Å². The molecule has 2 atom stereocenters. The van der Waals surface area contributed by atoms with Gasteiger partial charge < -0.3 is 10.6 Å². The van der Waals surface area contributed by atoms with Crippen molar-refractivity contribution in [3.05, 3.63) is 0 Å². The largest absolute Gasteiger partial charge is 0.342 e. The molecule has 2 N–H and O–H groups in total. The van der Waals surface area contributed by atoms with Crippen LogP contribution >= 0.6 is 0 Å². The molecule has 2 rings (SSSR count). The predicted octanol–water partition coefficient (Wildman–Crippen LogP) is 0.809. The molecule has 1 amide bonds. The molecule has 2 unspecified atom stereocenters. The lowest BCUT2D eigenvalue weighted by Crippen LogP contribution is -2.52. The summed E-state index contributed by atoms with van der Waals surface area (Å²) in [5.41, 5.74) is 6.01. The maximum absolute atomic E-state index is 12.1. The Morgan fingerprint density at radius 2 is 2.12 bits per heavy atom. The highest BCUT2D eigenvalue weighted by Gasteiger charge is 2.32. The topological polar surface area (TPSA) is 49.6 Å². The number of likely N-dealkylation sites (N-methyl/N-ethyl adjacent to an activating group) is 1. The number of hydrogen-bond acceptors (Lipinski definition) is 3. The maximum Gasteiger partial charge on any atom is 0.236 e. The Kier molecular flexibility index (Phi) is 4.05. The van der Waals surface area contributed by atoms with Gasteiger partial charge in [0.2, 0.25) is 5.91 Å². The van der Waals surface area contributed by atoms with E-state index in [4.69, 9.17) is 5.73 Å². The van der Waals surface area contributed by atoms with Crippen LogP contribution in [0.1, 0.15) is 39.0 Å². The molecule has 4 heteroatoms. The molecule has 2 fully saturated rings. The van der Waals surface area contributed by atoms with E-state index >= 15 is 0 Å². The zero-order valence-electron chi connectivity index (χ0n) is 11.1. The summed E-state index contributed by atoms with van der Waals surface area (Å²) in [6.45, 7) is 3.63. The van der Waals surface area contributed by atoms with Crippen LogP contribution in [-0.2, 0) is 4.79 Å². The number of nitrogens with zero attached hydrogens (tertiary/aromatic N) is 2. The van der Waals surface area contributed by atoms with E-state index in [2.05, 4.69) is 11.8 Å². The number of likely N-dealkylation sites (tertiary alicyclic amines) is 1. The first-order chi connectivity index (χ1) is 8.09. The maximum atomic E-state index is 12.1. The molecule has 2 aliphatic rings. The van der Waals surface area contributed by atoms with Crippen LogP contribution in [0.5, 0.6) is 0 Å². The van der Waals surface area contributed by atoms with Gasteiger partial charge in [0, 0.05) is 25.2 Å². The average molecular weight is 239 g/mol. The molecule has 17 heavy (non-hydrogen) atoms. The van der Waals surface area contributed by atoms with Crippen molar-refractivity contribution >= 4 is 5.91 Å². The van der Waals surface area contributed by atoms with Gasteiger partial charge in [-0.15, -0.1) is 0 Å².